The van der Waals surface area contributed by atoms with Gasteiger partial charge in [-0.25, -0.2) is 0 Å². The van der Waals surface area contributed by atoms with Gasteiger partial charge >= 0.3 is 0 Å². The molecule has 0 N–H and O–H groups in total. The average molecular weight is 237 g/mol. The zero-order chi connectivity index (χ0) is 12.8. The van der Waals surface area contributed by atoms with Crippen molar-refractivity contribution >= 4 is 5.91 Å². The molecule has 0 spiro atoms. The molecule has 1 saturated heterocycles. The lowest BCUT2D eigenvalue weighted by atomic mass is 9.92. The Morgan fingerprint density at radius 2 is 2.24 bits per heavy atom. The van der Waals surface area contributed by atoms with Crippen molar-refractivity contribution in [3.63, 3.8) is 0 Å². The highest BCUT2D eigenvalue weighted by Crippen LogP contribution is 2.22. The second-order valence-electron chi connectivity index (χ2n) is 5.05. The number of amides is 1. The molecule has 96 valence electrons. The Labute approximate surface area is 104 Å². The minimum Gasteiger partial charge on any atom is -0.344 e. The van der Waals surface area contributed by atoms with Crippen molar-refractivity contribution in [3.8, 4) is 6.07 Å². The lowest BCUT2D eigenvalue weighted by Gasteiger charge is -2.38. The zero-order valence-corrected chi connectivity index (χ0v) is 11.1. The van der Waals surface area contributed by atoms with Crippen LogP contribution in [-0.4, -0.2) is 48.4 Å². The Bertz CT molecular complexity index is 298. The first-order valence-electron chi connectivity index (χ1n) is 6.41. The first-order chi connectivity index (χ1) is 8.06. The Hall–Kier alpha value is -1.08. The van der Waals surface area contributed by atoms with Crippen molar-refractivity contribution in [3.05, 3.63) is 0 Å². The maximum absolute atomic E-state index is 11.9. The summed E-state index contributed by atoms with van der Waals surface area (Å²) in [5.41, 5.74) is 0. The second-order valence-corrected chi connectivity index (χ2v) is 5.05. The van der Waals surface area contributed by atoms with Crippen molar-refractivity contribution in [1.82, 2.24) is 9.80 Å². The third kappa shape index (κ3) is 4.01. The lowest BCUT2D eigenvalue weighted by Crippen LogP contribution is -2.47. The van der Waals surface area contributed by atoms with Crippen LogP contribution in [0.5, 0.6) is 0 Å². The van der Waals surface area contributed by atoms with Crippen molar-refractivity contribution in [2.75, 3.05) is 26.7 Å². The van der Waals surface area contributed by atoms with Gasteiger partial charge in [0.25, 0.3) is 0 Å². The van der Waals surface area contributed by atoms with E-state index in [0.717, 1.165) is 6.54 Å². The predicted molar refractivity (Wildman–Crippen MR) is 67.3 cm³/mol. The average Bonchev–Trinajstić information content (AvgIpc) is 2.31. The Kier molecular flexibility index (Phi) is 5.43. The number of carbonyl (C=O) groups is 1. The molecule has 4 nitrogen and oxygen atoms in total. The van der Waals surface area contributed by atoms with E-state index in [1.54, 1.807) is 11.9 Å². The number of likely N-dealkylation sites (tertiary alicyclic amines) is 1. The molecule has 0 aromatic rings. The highest BCUT2D eigenvalue weighted by atomic mass is 16.2. The van der Waals surface area contributed by atoms with Gasteiger partial charge in [-0.2, -0.15) is 5.26 Å². The molecule has 1 amide bonds. The van der Waals surface area contributed by atoms with Gasteiger partial charge in [-0.3, -0.25) is 9.69 Å². The highest BCUT2D eigenvalue weighted by molar-refractivity contribution is 5.78. The number of likely N-dealkylation sites (N-methyl/N-ethyl adjacent to an activating group) is 1. The number of nitrogens with zero attached hydrogens (tertiary/aromatic N) is 3. The lowest BCUT2D eigenvalue weighted by molar-refractivity contribution is -0.132. The topological polar surface area (TPSA) is 47.3 Å². The Balaban J connectivity index is 2.42. The summed E-state index contributed by atoms with van der Waals surface area (Å²) in [5, 5.41) is 8.50. The second kappa shape index (κ2) is 6.61. The number of nitriles is 1. The van der Waals surface area contributed by atoms with Gasteiger partial charge in [-0.1, -0.05) is 6.92 Å². The number of rotatable bonds is 4. The summed E-state index contributed by atoms with van der Waals surface area (Å²) in [4.78, 5) is 15.9. The largest absolute Gasteiger partial charge is 0.344 e. The molecule has 1 fully saturated rings. The fourth-order valence-corrected chi connectivity index (χ4v) is 2.28. The van der Waals surface area contributed by atoms with Gasteiger partial charge in [0.05, 0.1) is 19.0 Å². The fraction of sp³-hybridized carbons (Fsp3) is 0.846. The van der Waals surface area contributed by atoms with Crippen LogP contribution in [0, 0.1) is 17.2 Å². The van der Waals surface area contributed by atoms with Gasteiger partial charge in [-0.15, -0.1) is 0 Å². The van der Waals surface area contributed by atoms with E-state index in [4.69, 9.17) is 5.26 Å². The zero-order valence-electron chi connectivity index (χ0n) is 11.1. The number of piperidine rings is 1. The molecule has 0 radical (unpaired) electrons. The third-order valence-corrected chi connectivity index (χ3v) is 3.83. The summed E-state index contributed by atoms with van der Waals surface area (Å²) in [7, 11) is 1.78. The summed E-state index contributed by atoms with van der Waals surface area (Å²) in [6, 6.07) is 2.55. The predicted octanol–water partition coefficient (Wildman–Crippen LogP) is 1.48. The van der Waals surface area contributed by atoms with Gasteiger partial charge in [0.15, 0.2) is 0 Å². The molecule has 0 aromatic heterocycles. The van der Waals surface area contributed by atoms with Gasteiger partial charge < -0.3 is 4.90 Å². The van der Waals surface area contributed by atoms with E-state index < -0.39 is 0 Å². The number of carbonyl (C=O) groups excluding carboxylic acids is 1. The first-order valence-corrected chi connectivity index (χ1v) is 6.41. The van der Waals surface area contributed by atoms with Crippen LogP contribution in [0.1, 0.15) is 33.1 Å². The molecule has 1 aliphatic rings. The van der Waals surface area contributed by atoms with Crippen molar-refractivity contribution < 1.29 is 4.79 Å². The Morgan fingerprint density at radius 1 is 1.53 bits per heavy atom. The van der Waals surface area contributed by atoms with Crippen LogP contribution < -0.4 is 0 Å². The van der Waals surface area contributed by atoms with Crippen molar-refractivity contribution in [2.24, 2.45) is 5.92 Å². The van der Waals surface area contributed by atoms with Crippen LogP contribution in [0.4, 0.5) is 0 Å². The quantitative estimate of drug-likeness (QED) is 0.744. The van der Waals surface area contributed by atoms with E-state index in [1.165, 1.54) is 12.8 Å². The minimum atomic E-state index is 0.126. The van der Waals surface area contributed by atoms with Gasteiger partial charge in [0.2, 0.25) is 5.91 Å². The van der Waals surface area contributed by atoms with E-state index in [2.05, 4.69) is 24.8 Å². The smallest absolute Gasteiger partial charge is 0.236 e. The molecular formula is C13H23N3O. The standard InChI is InChI=1S/C13H23N3O/c1-11-6-4-9-16(12(11)2)10-13(17)15(3)8-5-7-14/h11-12H,4-6,8-10H2,1-3H3. The van der Waals surface area contributed by atoms with E-state index in [0.29, 0.717) is 31.5 Å². The molecule has 0 saturated carbocycles. The normalized spacial score (nSPS) is 25.3. The molecule has 4 heteroatoms. The maximum Gasteiger partial charge on any atom is 0.236 e. The molecule has 17 heavy (non-hydrogen) atoms. The van der Waals surface area contributed by atoms with E-state index in [1.807, 2.05) is 0 Å². The molecular weight excluding hydrogens is 214 g/mol. The molecule has 2 unspecified atom stereocenters. The van der Waals surface area contributed by atoms with Crippen molar-refractivity contribution in [2.45, 2.75) is 39.2 Å². The van der Waals surface area contributed by atoms with Crippen molar-refractivity contribution in [1.29, 1.82) is 5.26 Å². The molecule has 1 aliphatic heterocycles. The highest BCUT2D eigenvalue weighted by Gasteiger charge is 2.26. The van der Waals surface area contributed by atoms with Gasteiger partial charge in [-0.05, 0) is 32.2 Å². The minimum absolute atomic E-state index is 0.126. The van der Waals surface area contributed by atoms with Crippen LogP contribution >= 0.6 is 0 Å². The third-order valence-electron chi connectivity index (χ3n) is 3.83. The Morgan fingerprint density at radius 3 is 2.88 bits per heavy atom. The van der Waals surface area contributed by atoms with Crippen LogP contribution in [0.3, 0.4) is 0 Å². The summed E-state index contributed by atoms with van der Waals surface area (Å²) in [5.74, 6) is 0.794. The van der Waals surface area contributed by atoms with Crippen LogP contribution in [-0.2, 0) is 4.79 Å². The van der Waals surface area contributed by atoms with Crippen LogP contribution in [0.25, 0.3) is 0 Å². The monoisotopic (exact) mass is 237 g/mol. The van der Waals surface area contributed by atoms with Crippen LogP contribution in [0.2, 0.25) is 0 Å². The molecule has 0 bridgehead atoms. The number of hydrogen-bond acceptors (Lipinski definition) is 3. The summed E-state index contributed by atoms with van der Waals surface area (Å²) < 4.78 is 0. The fourth-order valence-electron chi connectivity index (χ4n) is 2.28. The molecule has 0 aliphatic carbocycles. The van der Waals surface area contributed by atoms with E-state index >= 15 is 0 Å². The van der Waals surface area contributed by atoms with E-state index in [-0.39, 0.29) is 5.91 Å². The van der Waals surface area contributed by atoms with Gasteiger partial charge in [0.1, 0.15) is 0 Å². The van der Waals surface area contributed by atoms with E-state index in [9.17, 15) is 4.79 Å². The van der Waals surface area contributed by atoms with Gasteiger partial charge in [0, 0.05) is 19.6 Å². The summed E-state index contributed by atoms with van der Waals surface area (Å²) in [6.07, 6.45) is 2.85. The number of hydrogen-bond donors (Lipinski definition) is 0. The molecule has 0 aromatic carbocycles. The molecule has 1 heterocycles. The first kappa shape index (κ1) is 14.0. The maximum atomic E-state index is 11.9. The SMILES string of the molecule is CC1CCCN(CC(=O)N(C)CCC#N)C1C. The van der Waals surface area contributed by atoms with Crippen LogP contribution in [0.15, 0.2) is 0 Å². The molecule has 1 rings (SSSR count). The summed E-state index contributed by atoms with van der Waals surface area (Å²) >= 11 is 0. The molecule has 2 atom stereocenters. The summed E-state index contributed by atoms with van der Waals surface area (Å²) in [6.45, 7) is 6.50.